The first kappa shape index (κ1) is 12.2. The van der Waals surface area contributed by atoms with Gasteiger partial charge in [0.2, 0.25) is 0 Å². The van der Waals surface area contributed by atoms with Crippen molar-refractivity contribution in [2.24, 2.45) is 0 Å². The van der Waals surface area contributed by atoms with Crippen molar-refractivity contribution < 1.29 is 13.0 Å². The van der Waals surface area contributed by atoms with Gasteiger partial charge in [-0.3, -0.25) is 4.55 Å². The van der Waals surface area contributed by atoms with E-state index in [4.69, 9.17) is 4.55 Å². The Morgan fingerprint density at radius 1 is 1.13 bits per heavy atom. The van der Waals surface area contributed by atoms with Gasteiger partial charge < -0.3 is 0 Å². The zero-order valence-corrected chi connectivity index (χ0v) is 9.28. The highest BCUT2D eigenvalue weighted by atomic mass is 32.2. The fourth-order valence-electron chi connectivity index (χ4n) is 1.35. The van der Waals surface area contributed by atoms with Crippen LogP contribution in [-0.2, 0) is 16.5 Å². The molecule has 0 fully saturated rings. The molecule has 0 atom stereocenters. The topological polar surface area (TPSA) is 54.4 Å². The molecule has 0 saturated heterocycles. The molecule has 0 heterocycles. The molecule has 0 aliphatic carbocycles. The zero-order valence-electron chi connectivity index (χ0n) is 8.46. The van der Waals surface area contributed by atoms with E-state index in [0.29, 0.717) is 6.42 Å². The highest BCUT2D eigenvalue weighted by molar-refractivity contribution is 7.87. The van der Waals surface area contributed by atoms with Crippen molar-refractivity contribution in [3.8, 4) is 0 Å². The molecule has 0 aliphatic rings. The van der Waals surface area contributed by atoms with E-state index in [-0.39, 0.29) is 0 Å². The van der Waals surface area contributed by atoms with Gasteiger partial charge in [0.15, 0.2) is 0 Å². The van der Waals surface area contributed by atoms with Crippen LogP contribution in [0.3, 0.4) is 0 Å². The van der Waals surface area contributed by atoms with E-state index in [2.05, 4.69) is 0 Å². The van der Waals surface area contributed by atoms with Crippen LogP contribution in [0.4, 0.5) is 0 Å². The summed E-state index contributed by atoms with van der Waals surface area (Å²) in [5, 5.41) is 0. The minimum atomic E-state index is -3.89. The fourth-order valence-corrected chi connectivity index (χ4v) is 1.81. The van der Waals surface area contributed by atoms with Gasteiger partial charge in [-0.2, -0.15) is 8.42 Å². The molecule has 1 aromatic carbocycles. The number of aryl methyl sites for hydroxylation is 1. The first-order valence-corrected chi connectivity index (χ1v) is 6.43. The first-order chi connectivity index (χ1) is 7.08. The molecule has 1 radical (unpaired) electrons. The van der Waals surface area contributed by atoms with Crippen LogP contribution < -0.4 is 0 Å². The Bertz CT molecular complexity index is 370. The molecule has 4 heteroatoms. The average Bonchev–Trinajstić information content (AvgIpc) is 2.17. The molecule has 0 unspecified atom stereocenters. The third-order valence-corrected chi connectivity index (χ3v) is 2.75. The van der Waals surface area contributed by atoms with E-state index in [9.17, 15) is 8.42 Å². The van der Waals surface area contributed by atoms with Gasteiger partial charge in [0.05, 0.1) is 0 Å². The number of benzene rings is 1. The molecule has 1 N–H and O–H groups in total. The molecule has 0 aliphatic heterocycles. The van der Waals surface area contributed by atoms with Crippen molar-refractivity contribution in [1.82, 2.24) is 0 Å². The maximum absolute atomic E-state index is 10.4. The molecule has 3 nitrogen and oxygen atoms in total. The van der Waals surface area contributed by atoms with Gasteiger partial charge in [-0.1, -0.05) is 36.8 Å². The lowest BCUT2D eigenvalue weighted by Gasteiger charge is -2.00. The van der Waals surface area contributed by atoms with Gasteiger partial charge in [0, 0.05) is 0 Å². The normalized spacial score (nSPS) is 11.5. The van der Waals surface area contributed by atoms with Crippen LogP contribution in [0.2, 0.25) is 0 Å². The summed E-state index contributed by atoms with van der Waals surface area (Å²) >= 11 is 0. The third kappa shape index (κ3) is 6.25. The summed E-state index contributed by atoms with van der Waals surface area (Å²) in [7, 11) is -3.89. The zero-order chi connectivity index (χ0) is 11.1. The number of rotatable bonds is 6. The van der Waals surface area contributed by atoms with Crippen LogP contribution in [0.1, 0.15) is 24.8 Å². The van der Waals surface area contributed by atoms with Crippen molar-refractivity contribution in [2.75, 3.05) is 0 Å². The summed E-state index contributed by atoms with van der Waals surface area (Å²) < 4.78 is 29.2. The smallest absolute Gasteiger partial charge is 0.269 e. The van der Waals surface area contributed by atoms with Crippen molar-refractivity contribution in [1.29, 1.82) is 0 Å². The van der Waals surface area contributed by atoms with Crippen LogP contribution in [-0.4, -0.2) is 13.0 Å². The monoisotopic (exact) mass is 227 g/mol. The molecule has 1 rings (SSSR count). The molecule has 83 valence electrons. The minimum absolute atomic E-state index is 0.408. The van der Waals surface area contributed by atoms with Crippen molar-refractivity contribution in [3.05, 3.63) is 41.6 Å². The van der Waals surface area contributed by atoms with E-state index in [1.807, 2.05) is 30.3 Å². The maximum Gasteiger partial charge on any atom is 0.269 e. The summed E-state index contributed by atoms with van der Waals surface area (Å²) in [6, 6.07) is 10.0. The Morgan fingerprint density at radius 3 is 2.40 bits per heavy atom. The Morgan fingerprint density at radius 2 is 1.80 bits per heavy atom. The summed E-state index contributed by atoms with van der Waals surface area (Å²) in [5.74, 6) is 0.956. The average molecular weight is 227 g/mol. The molecule has 1 aromatic rings. The van der Waals surface area contributed by atoms with Gasteiger partial charge in [0.25, 0.3) is 10.1 Å². The van der Waals surface area contributed by atoms with E-state index in [1.54, 1.807) is 0 Å². The molecule has 0 bridgehead atoms. The predicted molar refractivity (Wildman–Crippen MR) is 59.8 cm³/mol. The van der Waals surface area contributed by atoms with Crippen molar-refractivity contribution in [2.45, 2.75) is 25.7 Å². The molecule has 15 heavy (non-hydrogen) atoms. The molecule has 0 saturated carbocycles. The molecular formula is C11H15O3S. The standard InChI is InChI=1S/C11H15O3S/c12-15(13,14)10-6-2-5-9-11-7-3-1-4-8-11/h1,3-4,7-8,10H,2,5-6,9H2,(H,12,13,14). The largest absolute Gasteiger partial charge is 0.285 e. The second kappa shape index (κ2) is 5.88. The SMILES string of the molecule is O=S(=O)(O)[CH]CCCCc1ccccc1. The lowest BCUT2D eigenvalue weighted by molar-refractivity contribution is 0.487. The Labute approximate surface area is 90.9 Å². The number of hydrogen-bond acceptors (Lipinski definition) is 2. The van der Waals surface area contributed by atoms with Gasteiger partial charge in [-0.05, 0) is 24.8 Å². The highest BCUT2D eigenvalue weighted by Crippen LogP contribution is 2.08. The van der Waals surface area contributed by atoms with E-state index < -0.39 is 10.1 Å². The molecule has 0 amide bonds. The van der Waals surface area contributed by atoms with Crippen molar-refractivity contribution in [3.63, 3.8) is 0 Å². The van der Waals surface area contributed by atoms with Gasteiger partial charge in [-0.25, -0.2) is 0 Å². The summed E-state index contributed by atoms with van der Waals surface area (Å²) in [6.45, 7) is 0. The predicted octanol–water partition coefficient (Wildman–Crippen LogP) is 2.45. The van der Waals surface area contributed by atoms with Gasteiger partial charge >= 0.3 is 0 Å². The van der Waals surface area contributed by atoms with Crippen LogP contribution in [0.5, 0.6) is 0 Å². The second-order valence-corrected chi connectivity index (χ2v) is 4.78. The van der Waals surface area contributed by atoms with E-state index in [1.165, 1.54) is 5.56 Å². The number of hydrogen-bond donors (Lipinski definition) is 1. The van der Waals surface area contributed by atoms with E-state index >= 15 is 0 Å². The molecular weight excluding hydrogens is 212 g/mol. The fraction of sp³-hybridized carbons (Fsp3) is 0.364. The van der Waals surface area contributed by atoms with Crippen LogP contribution in [0.15, 0.2) is 30.3 Å². The van der Waals surface area contributed by atoms with Crippen LogP contribution in [0, 0.1) is 5.75 Å². The molecule has 0 aromatic heterocycles. The van der Waals surface area contributed by atoms with E-state index in [0.717, 1.165) is 25.0 Å². The van der Waals surface area contributed by atoms with Gasteiger partial charge in [-0.15, -0.1) is 0 Å². The molecule has 0 spiro atoms. The van der Waals surface area contributed by atoms with Gasteiger partial charge in [0.1, 0.15) is 5.75 Å². The minimum Gasteiger partial charge on any atom is -0.285 e. The summed E-state index contributed by atoms with van der Waals surface area (Å²) in [6.07, 6.45) is 3.05. The summed E-state index contributed by atoms with van der Waals surface area (Å²) in [4.78, 5) is 0. The van der Waals surface area contributed by atoms with Crippen LogP contribution in [0.25, 0.3) is 0 Å². The van der Waals surface area contributed by atoms with Crippen LogP contribution >= 0.6 is 0 Å². The first-order valence-electron chi connectivity index (χ1n) is 4.92. The highest BCUT2D eigenvalue weighted by Gasteiger charge is 2.03. The van der Waals surface area contributed by atoms with Crippen molar-refractivity contribution >= 4 is 10.1 Å². The maximum atomic E-state index is 10.4. The summed E-state index contributed by atoms with van der Waals surface area (Å²) in [5.41, 5.74) is 1.25. The third-order valence-electron chi connectivity index (χ3n) is 2.09. The Kier molecular flexibility index (Phi) is 4.78. The number of unbranched alkanes of at least 4 members (excludes halogenated alkanes) is 2. The Hall–Kier alpha value is -0.870. The quantitative estimate of drug-likeness (QED) is 0.600. The Balaban J connectivity index is 2.13. The lowest BCUT2D eigenvalue weighted by atomic mass is 10.1. The lowest BCUT2D eigenvalue weighted by Crippen LogP contribution is -1.97. The second-order valence-electron chi connectivity index (χ2n) is 3.41.